The highest BCUT2D eigenvalue weighted by Crippen LogP contribution is 2.15. The second-order valence-electron chi connectivity index (χ2n) is 3.64. The first-order chi connectivity index (χ1) is 7.71. The standard InChI is InChI=1S/C11H14N2O2S/c14-16(15,11-7-3-4-8-12-11)13-9-5-1-2-6-10-13/h1,3-5,7-8H,2,6,9-10H2. The zero-order valence-electron chi connectivity index (χ0n) is 8.91. The highest BCUT2D eigenvalue weighted by atomic mass is 32.2. The van der Waals surface area contributed by atoms with Gasteiger partial charge in [0.25, 0.3) is 10.0 Å². The van der Waals surface area contributed by atoms with Crippen LogP contribution in [0.15, 0.2) is 41.6 Å². The molecule has 0 radical (unpaired) electrons. The van der Waals surface area contributed by atoms with Gasteiger partial charge in [-0.3, -0.25) is 0 Å². The summed E-state index contributed by atoms with van der Waals surface area (Å²) >= 11 is 0. The van der Waals surface area contributed by atoms with Gasteiger partial charge >= 0.3 is 0 Å². The molecule has 16 heavy (non-hydrogen) atoms. The number of hydrogen-bond acceptors (Lipinski definition) is 3. The molecular formula is C11H14N2O2S. The SMILES string of the molecule is O=S(=O)(c1ccccn1)N1CC=CCCC1. The molecule has 1 aromatic heterocycles. The van der Waals surface area contributed by atoms with Gasteiger partial charge in [0, 0.05) is 19.3 Å². The van der Waals surface area contributed by atoms with Crippen molar-refractivity contribution in [3.8, 4) is 0 Å². The molecule has 4 nitrogen and oxygen atoms in total. The highest BCUT2D eigenvalue weighted by Gasteiger charge is 2.24. The molecule has 0 unspecified atom stereocenters. The van der Waals surface area contributed by atoms with Crippen LogP contribution < -0.4 is 0 Å². The number of rotatable bonds is 2. The summed E-state index contributed by atoms with van der Waals surface area (Å²) in [5.74, 6) is 0. The summed E-state index contributed by atoms with van der Waals surface area (Å²) in [5.41, 5.74) is 0. The van der Waals surface area contributed by atoms with Gasteiger partial charge in [-0.2, -0.15) is 4.31 Å². The topological polar surface area (TPSA) is 50.3 Å². The third kappa shape index (κ3) is 2.31. The first kappa shape index (κ1) is 11.3. The lowest BCUT2D eigenvalue weighted by molar-refractivity contribution is 0.440. The Morgan fingerprint density at radius 1 is 1.25 bits per heavy atom. The van der Waals surface area contributed by atoms with Crippen molar-refractivity contribution >= 4 is 10.0 Å². The zero-order valence-corrected chi connectivity index (χ0v) is 9.73. The molecule has 0 saturated heterocycles. The van der Waals surface area contributed by atoms with E-state index in [4.69, 9.17) is 0 Å². The lowest BCUT2D eigenvalue weighted by Gasteiger charge is -2.18. The number of nitrogens with zero attached hydrogens (tertiary/aromatic N) is 2. The van der Waals surface area contributed by atoms with E-state index in [-0.39, 0.29) is 5.03 Å². The van der Waals surface area contributed by atoms with Crippen molar-refractivity contribution in [2.24, 2.45) is 0 Å². The molecule has 0 aliphatic carbocycles. The molecule has 0 N–H and O–H groups in total. The lowest BCUT2D eigenvalue weighted by Crippen LogP contribution is -2.32. The second kappa shape index (κ2) is 4.76. The maximum Gasteiger partial charge on any atom is 0.260 e. The van der Waals surface area contributed by atoms with E-state index >= 15 is 0 Å². The van der Waals surface area contributed by atoms with Crippen molar-refractivity contribution in [2.75, 3.05) is 13.1 Å². The summed E-state index contributed by atoms with van der Waals surface area (Å²) in [4.78, 5) is 3.90. The third-order valence-electron chi connectivity index (χ3n) is 2.50. The summed E-state index contributed by atoms with van der Waals surface area (Å²) in [6.45, 7) is 1.00. The number of allylic oxidation sites excluding steroid dienone is 1. The Labute approximate surface area is 95.7 Å². The van der Waals surface area contributed by atoms with Crippen LogP contribution in [-0.4, -0.2) is 30.8 Å². The van der Waals surface area contributed by atoms with Gasteiger partial charge in [-0.15, -0.1) is 0 Å². The molecule has 2 rings (SSSR count). The van der Waals surface area contributed by atoms with Crippen LogP contribution in [0.1, 0.15) is 12.8 Å². The maximum absolute atomic E-state index is 12.2. The smallest absolute Gasteiger partial charge is 0.243 e. The fourth-order valence-corrected chi connectivity index (χ4v) is 3.00. The summed E-state index contributed by atoms with van der Waals surface area (Å²) in [7, 11) is -3.41. The average Bonchev–Trinajstić information content (AvgIpc) is 2.59. The molecule has 0 fully saturated rings. The summed E-state index contributed by atoms with van der Waals surface area (Å²) in [5, 5.41) is 0.130. The minimum Gasteiger partial charge on any atom is -0.243 e. The maximum atomic E-state index is 12.2. The van der Waals surface area contributed by atoms with E-state index in [1.165, 1.54) is 16.6 Å². The van der Waals surface area contributed by atoms with Gasteiger partial charge in [0.1, 0.15) is 0 Å². The van der Waals surface area contributed by atoms with Crippen molar-refractivity contribution in [3.63, 3.8) is 0 Å². The van der Waals surface area contributed by atoms with Crippen LogP contribution >= 0.6 is 0 Å². The van der Waals surface area contributed by atoms with E-state index in [0.29, 0.717) is 13.1 Å². The van der Waals surface area contributed by atoms with Gasteiger partial charge in [-0.05, 0) is 25.0 Å². The monoisotopic (exact) mass is 238 g/mol. The Morgan fingerprint density at radius 2 is 2.12 bits per heavy atom. The van der Waals surface area contributed by atoms with Gasteiger partial charge in [0.15, 0.2) is 5.03 Å². The molecule has 0 saturated carbocycles. The van der Waals surface area contributed by atoms with Crippen molar-refractivity contribution in [2.45, 2.75) is 17.9 Å². The molecule has 0 aromatic carbocycles. The minimum absolute atomic E-state index is 0.130. The quantitative estimate of drug-likeness (QED) is 0.732. The number of hydrogen-bond donors (Lipinski definition) is 0. The van der Waals surface area contributed by atoms with Crippen molar-refractivity contribution < 1.29 is 8.42 Å². The Hall–Kier alpha value is -1.20. The van der Waals surface area contributed by atoms with Crippen molar-refractivity contribution in [1.29, 1.82) is 0 Å². The van der Waals surface area contributed by atoms with Crippen molar-refractivity contribution in [1.82, 2.24) is 9.29 Å². The second-order valence-corrected chi connectivity index (χ2v) is 5.53. The predicted molar refractivity (Wildman–Crippen MR) is 61.4 cm³/mol. The summed E-state index contributed by atoms with van der Waals surface area (Å²) in [6, 6.07) is 4.93. The number of sulfonamides is 1. The van der Waals surface area contributed by atoms with E-state index in [2.05, 4.69) is 4.98 Å². The summed E-state index contributed by atoms with van der Waals surface area (Å²) < 4.78 is 25.8. The Balaban J connectivity index is 2.28. The fraction of sp³-hybridized carbons (Fsp3) is 0.364. The van der Waals surface area contributed by atoms with Crippen LogP contribution in [0.4, 0.5) is 0 Å². The molecular weight excluding hydrogens is 224 g/mol. The lowest BCUT2D eigenvalue weighted by atomic mass is 10.3. The first-order valence-electron chi connectivity index (χ1n) is 5.27. The molecule has 0 bridgehead atoms. The number of pyridine rings is 1. The Bertz CT molecular complexity index is 468. The number of aromatic nitrogens is 1. The van der Waals surface area contributed by atoms with Gasteiger partial charge in [0.05, 0.1) is 0 Å². The summed E-state index contributed by atoms with van der Waals surface area (Å²) in [6.07, 6.45) is 7.22. The first-order valence-corrected chi connectivity index (χ1v) is 6.71. The molecule has 1 aliphatic rings. The molecule has 86 valence electrons. The average molecular weight is 238 g/mol. The largest absolute Gasteiger partial charge is 0.260 e. The van der Waals surface area contributed by atoms with Gasteiger partial charge in [0.2, 0.25) is 0 Å². The fourth-order valence-electron chi connectivity index (χ4n) is 1.64. The van der Waals surface area contributed by atoms with Crippen LogP contribution in [0, 0.1) is 0 Å². The molecule has 5 heteroatoms. The molecule has 1 aromatic rings. The minimum atomic E-state index is -3.41. The predicted octanol–water partition coefficient (Wildman–Crippen LogP) is 1.42. The zero-order chi connectivity index (χ0) is 11.4. The molecule has 0 amide bonds. The normalized spacial score (nSPS) is 18.2. The van der Waals surface area contributed by atoms with Gasteiger partial charge in [-0.25, -0.2) is 13.4 Å². The van der Waals surface area contributed by atoms with Gasteiger partial charge in [-0.1, -0.05) is 18.2 Å². The molecule has 2 heterocycles. The van der Waals surface area contributed by atoms with Gasteiger partial charge < -0.3 is 0 Å². The molecule has 0 spiro atoms. The third-order valence-corrected chi connectivity index (χ3v) is 4.28. The van der Waals surface area contributed by atoms with Crippen LogP contribution in [0.3, 0.4) is 0 Å². The van der Waals surface area contributed by atoms with Crippen LogP contribution in [0.2, 0.25) is 0 Å². The van der Waals surface area contributed by atoms with Crippen LogP contribution in [-0.2, 0) is 10.0 Å². The highest BCUT2D eigenvalue weighted by molar-refractivity contribution is 7.89. The Morgan fingerprint density at radius 3 is 2.88 bits per heavy atom. The van der Waals surface area contributed by atoms with Crippen molar-refractivity contribution in [3.05, 3.63) is 36.5 Å². The van der Waals surface area contributed by atoms with Crippen LogP contribution in [0.25, 0.3) is 0 Å². The van der Waals surface area contributed by atoms with E-state index in [1.807, 2.05) is 12.2 Å². The van der Waals surface area contributed by atoms with E-state index in [0.717, 1.165) is 12.8 Å². The van der Waals surface area contributed by atoms with E-state index in [1.54, 1.807) is 12.1 Å². The van der Waals surface area contributed by atoms with Crippen LogP contribution in [0.5, 0.6) is 0 Å². The Kier molecular flexibility index (Phi) is 3.36. The molecule has 0 atom stereocenters. The van der Waals surface area contributed by atoms with E-state index < -0.39 is 10.0 Å². The molecule has 1 aliphatic heterocycles. The van der Waals surface area contributed by atoms with E-state index in [9.17, 15) is 8.42 Å².